The molecular weight excluding hydrogens is 372 g/mol. The van der Waals surface area contributed by atoms with Crippen molar-refractivity contribution in [3.63, 3.8) is 0 Å². The predicted octanol–water partition coefficient (Wildman–Crippen LogP) is 3.35. The lowest BCUT2D eigenvalue weighted by Gasteiger charge is -2.07. The summed E-state index contributed by atoms with van der Waals surface area (Å²) in [4.78, 5) is 31.3. The number of ether oxygens (including phenoxy) is 1. The zero-order valence-corrected chi connectivity index (χ0v) is 15.5. The SMILES string of the molecule is CCOC(=O)Cc1csc(NC(=O)c2c[nH]c(=S)n2-c2ccccc2)n1. The number of para-hydroxylation sites is 1. The summed E-state index contributed by atoms with van der Waals surface area (Å²) in [5, 5.41) is 4.86. The van der Waals surface area contributed by atoms with E-state index < -0.39 is 0 Å². The number of carbonyl (C=O) groups excluding carboxylic acids is 2. The third-order valence-corrected chi connectivity index (χ3v) is 4.53. The van der Waals surface area contributed by atoms with E-state index in [2.05, 4.69) is 15.3 Å². The molecule has 2 N–H and O–H groups in total. The maximum absolute atomic E-state index is 12.6. The molecule has 0 saturated heterocycles. The van der Waals surface area contributed by atoms with Crippen molar-refractivity contribution < 1.29 is 14.3 Å². The van der Waals surface area contributed by atoms with Gasteiger partial charge in [0.25, 0.3) is 5.91 Å². The maximum atomic E-state index is 12.6. The van der Waals surface area contributed by atoms with Gasteiger partial charge in [-0.25, -0.2) is 4.98 Å². The summed E-state index contributed by atoms with van der Waals surface area (Å²) >= 11 is 6.52. The molecule has 9 heteroatoms. The molecule has 0 fully saturated rings. The molecule has 0 aliphatic carbocycles. The van der Waals surface area contributed by atoms with Crippen LogP contribution in [-0.4, -0.2) is 33.0 Å². The highest BCUT2D eigenvalue weighted by molar-refractivity contribution is 7.71. The normalized spacial score (nSPS) is 10.5. The number of rotatable bonds is 6. The zero-order valence-electron chi connectivity index (χ0n) is 13.9. The van der Waals surface area contributed by atoms with Crippen molar-refractivity contribution in [3.05, 3.63) is 58.1 Å². The average molecular weight is 388 g/mol. The van der Waals surface area contributed by atoms with Crippen molar-refractivity contribution >= 4 is 40.6 Å². The molecule has 0 saturated carbocycles. The summed E-state index contributed by atoms with van der Waals surface area (Å²) in [5.41, 5.74) is 1.70. The van der Waals surface area contributed by atoms with Gasteiger partial charge in [-0.15, -0.1) is 11.3 Å². The Morgan fingerprint density at radius 1 is 1.35 bits per heavy atom. The highest BCUT2D eigenvalue weighted by Gasteiger charge is 2.16. The van der Waals surface area contributed by atoms with E-state index in [0.717, 1.165) is 5.69 Å². The van der Waals surface area contributed by atoms with E-state index in [1.807, 2.05) is 30.3 Å². The average Bonchev–Trinajstić information content (AvgIpc) is 3.22. The summed E-state index contributed by atoms with van der Waals surface area (Å²) in [6.07, 6.45) is 1.63. The molecule has 1 amide bonds. The first-order valence-corrected chi connectivity index (χ1v) is 9.14. The number of aromatic nitrogens is 3. The molecule has 0 aliphatic heterocycles. The van der Waals surface area contributed by atoms with E-state index in [1.165, 1.54) is 11.3 Å². The lowest BCUT2D eigenvalue weighted by molar-refractivity contribution is -0.142. The van der Waals surface area contributed by atoms with Crippen LogP contribution < -0.4 is 5.32 Å². The van der Waals surface area contributed by atoms with Gasteiger partial charge in [0.2, 0.25) is 0 Å². The lowest BCUT2D eigenvalue weighted by atomic mass is 10.3. The second-order valence-corrected chi connectivity index (χ2v) is 6.47. The standard InChI is InChI=1S/C17H16N4O3S2/c1-2-24-14(22)8-11-10-26-16(19-11)20-15(23)13-9-18-17(25)21(13)12-6-4-3-5-7-12/h3-7,9-10H,2,8H2,1H3,(H,18,25)(H,19,20,23). The third-order valence-electron chi connectivity index (χ3n) is 3.43. The van der Waals surface area contributed by atoms with E-state index >= 15 is 0 Å². The fraction of sp³-hybridized carbons (Fsp3) is 0.176. The number of H-pyrrole nitrogens is 1. The van der Waals surface area contributed by atoms with Crippen molar-refractivity contribution in [1.82, 2.24) is 14.5 Å². The van der Waals surface area contributed by atoms with Crippen LogP contribution in [0.3, 0.4) is 0 Å². The first kappa shape index (κ1) is 18.0. The number of nitrogens with one attached hydrogen (secondary N) is 2. The number of benzene rings is 1. The number of esters is 1. The van der Waals surface area contributed by atoms with Crippen LogP contribution in [0.25, 0.3) is 5.69 Å². The highest BCUT2D eigenvalue weighted by atomic mass is 32.1. The molecule has 3 aromatic rings. The molecule has 1 aromatic carbocycles. The minimum absolute atomic E-state index is 0.0741. The van der Waals surface area contributed by atoms with Gasteiger partial charge in [0, 0.05) is 17.3 Å². The summed E-state index contributed by atoms with van der Waals surface area (Å²) in [6, 6.07) is 9.35. The van der Waals surface area contributed by atoms with E-state index in [-0.39, 0.29) is 18.3 Å². The minimum atomic E-state index is -0.349. The van der Waals surface area contributed by atoms with E-state index in [0.29, 0.717) is 27.9 Å². The van der Waals surface area contributed by atoms with Crippen LogP contribution in [0.15, 0.2) is 41.9 Å². The van der Waals surface area contributed by atoms with Gasteiger partial charge in [-0.3, -0.25) is 19.5 Å². The Hall–Kier alpha value is -2.78. The summed E-state index contributed by atoms with van der Waals surface area (Å²) in [7, 11) is 0. The van der Waals surface area contributed by atoms with Crippen LogP contribution in [0.4, 0.5) is 5.13 Å². The Labute approximate surface area is 158 Å². The fourth-order valence-corrected chi connectivity index (χ4v) is 3.30. The van der Waals surface area contributed by atoms with Gasteiger partial charge in [-0.1, -0.05) is 18.2 Å². The summed E-state index contributed by atoms with van der Waals surface area (Å²) < 4.78 is 6.96. The Morgan fingerprint density at radius 3 is 2.85 bits per heavy atom. The van der Waals surface area contributed by atoms with E-state index in [9.17, 15) is 9.59 Å². The fourth-order valence-electron chi connectivity index (χ4n) is 2.34. The van der Waals surface area contributed by atoms with Gasteiger partial charge < -0.3 is 9.72 Å². The Bertz CT molecular complexity index is 975. The van der Waals surface area contributed by atoms with Crippen molar-refractivity contribution in [2.75, 3.05) is 11.9 Å². The first-order valence-electron chi connectivity index (χ1n) is 7.85. The van der Waals surface area contributed by atoms with Crippen LogP contribution in [0.1, 0.15) is 23.1 Å². The quantitative estimate of drug-likeness (QED) is 0.499. The molecular formula is C17H16N4O3S2. The minimum Gasteiger partial charge on any atom is -0.466 e. The molecule has 2 aromatic heterocycles. The molecule has 0 aliphatic rings. The largest absolute Gasteiger partial charge is 0.466 e. The number of thiazole rings is 1. The second kappa shape index (κ2) is 8.07. The number of amides is 1. The number of hydrogen-bond donors (Lipinski definition) is 2. The second-order valence-electron chi connectivity index (χ2n) is 5.23. The molecule has 3 rings (SSSR count). The van der Waals surface area contributed by atoms with Gasteiger partial charge in [-0.2, -0.15) is 0 Å². The topological polar surface area (TPSA) is 89.0 Å². The Kier molecular flexibility index (Phi) is 5.59. The molecule has 134 valence electrons. The monoisotopic (exact) mass is 388 g/mol. The van der Waals surface area contributed by atoms with Crippen molar-refractivity contribution in [2.24, 2.45) is 0 Å². The number of nitrogens with zero attached hydrogens (tertiary/aromatic N) is 2. The molecule has 2 heterocycles. The Balaban J connectivity index is 1.77. The van der Waals surface area contributed by atoms with Crippen LogP contribution in [0, 0.1) is 4.77 Å². The molecule has 0 unspecified atom stereocenters. The Morgan fingerprint density at radius 2 is 2.12 bits per heavy atom. The van der Waals surface area contributed by atoms with Crippen molar-refractivity contribution in [3.8, 4) is 5.69 Å². The van der Waals surface area contributed by atoms with Crippen LogP contribution >= 0.6 is 23.6 Å². The van der Waals surface area contributed by atoms with Crippen LogP contribution in [0.2, 0.25) is 0 Å². The van der Waals surface area contributed by atoms with Crippen molar-refractivity contribution in [2.45, 2.75) is 13.3 Å². The smallest absolute Gasteiger partial charge is 0.311 e. The summed E-state index contributed by atoms with van der Waals surface area (Å²) in [6.45, 7) is 2.07. The number of carbonyl (C=O) groups is 2. The third kappa shape index (κ3) is 4.06. The van der Waals surface area contributed by atoms with Crippen molar-refractivity contribution in [1.29, 1.82) is 0 Å². The molecule has 0 spiro atoms. The molecule has 0 bridgehead atoms. The number of anilines is 1. The molecule has 0 radical (unpaired) electrons. The van der Waals surface area contributed by atoms with Gasteiger partial charge in [0.1, 0.15) is 5.69 Å². The van der Waals surface area contributed by atoms with Gasteiger partial charge in [0.15, 0.2) is 9.90 Å². The van der Waals surface area contributed by atoms with E-state index in [1.54, 1.807) is 23.1 Å². The van der Waals surface area contributed by atoms with E-state index in [4.69, 9.17) is 17.0 Å². The van der Waals surface area contributed by atoms with Gasteiger partial charge in [0.05, 0.1) is 18.7 Å². The molecule has 26 heavy (non-hydrogen) atoms. The zero-order chi connectivity index (χ0) is 18.5. The number of imidazole rings is 1. The summed E-state index contributed by atoms with van der Waals surface area (Å²) in [5.74, 6) is -0.697. The molecule has 7 nitrogen and oxygen atoms in total. The van der Waals surface area contributed by atoms with Crippen LogP contribution in [-0.2, 0) is 16.0 Å². The maximum Gasteiger partial charge on any atom is 0.311 e. The van der Waals surface area contributed by atoms with Gasteiger partial charge in [-0.05, 0) is 31.3 Å². The van der Waals surface area contributed by atoms with Gasteiger partial charge >= 0.3 is 5.97 Å². The highest BCUT2D eigenvalue weighted by Crippen LogP contribution is 2.19. The first-order chi connectivity index (χ1) is 12.6. The predicted molar refractivity (Wildman–Crippen MR) is 101 cm³/mol. The molecule has 0 atom stereocenters. The number of aromatic amines is 1. The lowest BCUT2D eigenvalue weighted by Crippen LogP contribution is -2.16. The van der Waals surface area contributed by atoms with Crippen LogP contribution in [0.5, 0.6) is 0 Å². The number of hydrogen-bond acceptors (Lipinski definition) is 6.